The van der Waals surface area contributed by atoms with E-state index in [9.17, 15) is 4.79 Å². The molecule has 6 heteroatoms. The summed E-state index contributed by atoms with van der Waals surface area (Å²) in [5, 5.41) is 3.03. The van der Waals surface area contributed by atoms with Gasteiger partial charge in [-0.05, 0) is 52.2 Å². The average molecular weight is 346 g/mol. The van der Waals surface area contributed by atoms with Crippen LogP contribution in [0.25, 0.3) is 5.70 Å². The standard InChI is InChI=1S/C19H30N4O2/c1-13(20)17-15(21)9-7-10-16(17)25-12-14-8-5-6-11-23(14)18(24)22-19(2,3)4/h7,9-10,14H,1,5-6,8,11-12,20-21H2,2-4H3,(H,22,24). The van der Waals surface area contributed by atoms with Crippen molar-refractivity contribution in [3.05, 3.63) is 30.3 Å². The third-order valence-electron chi connectivity index (χ3n) is 4.18. The number of hydrogen-bond donors (Lipinski definition) is 3. The quantitative estimate of drug-likeness (QED) is 0.731. The van der Waals surface area contributed by atoms with E-state index in [4.69, 9.17) is 16.2 Å². The molecule has 1 atom stereocenters. The number of anilines is 1. The number of benzene rings is 1. The fourth-order valence-corrected chi connectivity index (χ4v) is 3.03. The van der Waals surface area contributed by atoms with Gasteiger partial charge in [0.15, 0.2) is 0 Å². The van der Waals surface area contributed by atoms with Crippen molar-refractivity contribution in [3.63, 3.8) is 0 Å². The van der Waals surface area contributed by atoms with Gasteiger partial charge in [0.1, 0.15) is 12.4 Å². The molecule has 138 valence electrons. The lowest BCUT2D eigenvalue weighted by Crippen LogP contribution is -2.54. The molecule has 0 spiro atoms. The Morgan fingerprint density at radius 3 is 2.76 bits per heavy atom. The highest BCUT2D eigenvalue weighted by Crippen LogP contribution is 2.29. The van der Waals surface area contributed by atoms with E-state index in [0.29, 0.717) is 29.3 Å². The van der Waals surface area contributed by atoms with Crippen molar-refractivity contribution in [2.24, 2.45) is 5.73 Å². The van der Waals surface area contributed by atoms with Crippen LogP contribution in [-0.2, 0) is 0 Å². The summed E-state index contributed by atoms with van der Waals surface area (Å²) in [7, 11) is 0. The van der Waals surface area contributed by atoms with Crippen molar-refractivity contribution in [2.45, 2.75) is 51.6 Å². The topological polar surface area (TPSA) is 93.6 Å². The molecule has 1 aliphatic heterocycles. The van der Waals surface area contributed by atoms with E-state index >= 15 is 0 Å². The van der Waals surface area contributed by atoms with Gasteiger partial charge in [-0.1, -0.05) is 12.6 Å². The number of nitrogens with two attached hydrogens (primary N) is 2. The van der Waals surface area contributed by atoms with Crippen LogP contribution in [0.15, 0.2) is 24.8 Å². The lowest BCUT2D eigenvalue weighted by atomic mass is 10.0. The summed E-state index contributed by atoms with van der Waals surface area (Å²) in [5.74, 6) is 0.606. The zero-order valence-corrected chi connectivity index (χ0v) is 15.5. The highest BCUT2D eigenvalue weighted by molar-refractivity contribution is 5.77. The molecule has 2 rings (SSSR count). The molecule has 1 fully saturated rings. The fraction of sp³-hybridized carbons (Fsp3) is 0.526. The molecule has 0 saturated carbocycles. The molecule has 2 amide bonds. The summed E-state index contributed by atoms with van der Waals surface area (Å²) in [6.07, 6.45) is 3.01. The smallest absolute Gasteiger partial charge is 0.318 e. The molecule has 0 bridgehead atoms. The second-order valence-corrected chi connectivity index (χ2v) is 7.58. The number of rotatable bonds is 4. The van der Waals surface area contributed by atoms with E-state index in [-0.39, 0.29) is 17.6 Å². The first-order chi connectivity index (χ1) is 11.7. The first-order valence-electron chi connectivity index (χ1n) is 8.74. The van der Waals surface area contributed by atoms with Gasteiger partial charge in [0, 0.05) is 23.5 Å². The Hall–Kier alpha value is -2.37. The van der Waals surface area contributed by atoms with Crippen LogP contribution in [-0.4, -0.2) is 35.7 Å². The van der Waals surface area contributed by atoms with Crippen LogP contribution in [0, 0.1) is 0 Å². The highest BCUT2D eigenvalue weighted by Gasteiger charge is 2.29. The SMILES string of the molecule is C=C(N)c1c(N)cccc1OCC1CCCCN1C(=O)NC(C)(C)C. The average Bonchev–Trinajstić information content (AvgIpc) is 2.51. The predicted octanol–water partition coefficient (Wildman–Crippen LogP) is 2.94. The number of ether oxygens (including phenoxy) is 1. The zero-order chi connectivity index (χ0) is 18.6. The molecular formula is C19H30N4O2. The molecule has 1 aromatic rings. The molecule has 1 aromatic carbocycles. The number of likely N-dealkylation sites (tertiary alicyclic amines) is 1. The number of piperidine rings is 1. The summed E-state index contributed by atoms with van der Waals surface area (Å²) in [5.41, 5.74) is 13.1. The second-order valence-electron chi connectivity index (χ2n) is 7.58. The number of nitrogen functional groups attached to an aromatic ring is 1. The van der Waals surface area contributed by atoms with Crippen LogP contribution in [0.1, 0.15) is 45.6 Å². The van der Waals surface area contributed by atoms with Crippen molar-refractivity contribution in [2.75, 3.05) is 18.9 Å². The van der Waals surface area contributed by atoms with Crippen LogP contribution in [0.5, 0.6) is 5.75 Å². The predicted molar refractivity (Wildman–Crippen MR) is 102 cm³/mol. The van der Waals surface area contributed by atoms with Gasteiger partial charge in [-0.15, -0.1) is 0 Å². The van der Waals surface area contributed by atoms with Crippen molar-refractivity contribution in [1.82, 2.24) is 10.2 Å². The van der Waals surface area contributed by atoms with Gasteiger partial charge in [0.25, 0.3) is 0 Å². The second kappa shape index (κ2) is 7.68. The Morgan fingerprint density at radius 1 is 1.40 bits per heavy atom. The summed E-state index contributed by atoms with van der Waals surface area (Å²) in [6.45, 7) is 10.8. The molecule has 25 heavy (non-hydrogen) atoms. The maximum absolute atomic E-state index is 12.6. The van der Waals surface area contributed by atoms with E-state index in [1.807, 2.05) is 37.8 Å². The van der Waals surface area contributed by atoms with E-state index in [0.717, 1.165) is 25.8 Å². The van der Waals surface area contributed by atoms with Crippen molar-refractivity contribution in [3.8, 4) is 5.75 Å². The van der Waals surface area contributed by atoms with Gasteiger partial charge in [-0.2, -0.15) is 0 Å². The molecule has 0 radical (unpaired) electrons. The summed E-state index contributed by atoms with van der Waals surface area (Å²) in [4.78, 5) is 14.4. The minimum atomic E-state index is -0.266. The molecule has 1 heterocycles. The zero-order valence-electron chi connectivity index (χ0n) is 15.5. The largest absolute Gasteiger partial charge is 0.491 e. The van der Waals surface area contributed by atoms with Gasteiger partial charge in [0.05, 0.1) is 11.6 Å². The lowest BCUT2D eigenvalue weighted by molar-refractivity contribution is 0.112. The van der Waals surface area contributed by atoms with E-state index in [1.165, 1.54) is 0 Å². The summed E-state index contributed by atoms with van der Waals surface area (Å²) in [6, 6.07) is 5.39. The molecular weight excluding hydrogens is 316 g/mol. The number of nitrogens with one attached hydrogen (secondary N) is 1. The monoisotopic (exact) mass is 346 g/mol. The van der Waals surface area contributed by atoms with Crippen LogP contribution in [0.4, 0.5) is 10.5 Å². The number of hydrogen-bond acceptors (Lipinski definition) is 4. The Balaban J connectivity index is 2.09. The Labute approximate surface area is 150 Å². The lowest BCUT2D eigenvalue weighted by Gasteiger charge is -2.37. The Morgan fingerprint density at radius 2 is 2.12 bits per heavy atom. The summed E-state index contributed by atoms with van der Waals surface area (Å²) >= 11 is 0. The molecule has 6 nitrogen and oxygen atoms in total. The van der Waals surface area contributed by atoms with Gasteiger partial charge < -0.3 is 26.4 Å². The van der Waals surface area contributed by atoms with E-state index in [1.54, 1.807) is 6.07 Å². The van der Waals surface area contributed by atoms with Gasteiger partial charge in [0.2, 0.25) is 0 Å². The maximum atomic E-state index is 12.6. The molecule has 0 aromatic heterocycles. The van der Waals surface area contributed by atoms with Gasteiger partial charge >= 0.3 is 6.03 Å². The third-order valence-corrected chi connectivity index (χ3v) is 4.18. The Bertz CT molecular complexity index is 637. The van der Waals surface area contributed by atoms with Crippen LogP contribution in [0.2, 0.25) is 0 Å². The molecule has 1 saturated heterocycles. The normalized spacial score (nSPS) is 17.9. The van der Waals surface area contributed by atoms with Crippen molar-refractivity contribution >= 4 is 17.4 Å². The van der Waals surface area contributed by atoms with E-state index < -0.39 is 0 Å². The van der Waals surface area contributed by atoms with Crippen molar-refractivity contribution < 1.29 is 9.53 Å². The van der Waals surface area contributed by atoms with Crippen molar-refractivity contribution in [1.29, 1.82) is 0 Å². The number of carbonyl (C=O) groups is 1. The van der Waals surface area contributed by atoms with E-state index in [2.05, 4.69) is 11.9 Å². The van der Waals surface area contributed by atoms with Crippen LogP contribution in [0.3, 0.4) is 0 Å². The molecule has 1 unspecified atom stereocenters. The molecule has 1 aliphatic rings. The Kier molecular flexibility index (Phi) is 5.82. The fourth-order valence-electron chi connectivity index (χ4n) is 3.03. The van der Waals surface area contributed by atoms with Crippen LogP contribution < -0.4 is 21.5 Å². The summed E-state index contributed by atoms with van der Waals surface area (Å²) < 4.78 is 5.99. The minimum absolute atomic E-state index is 0.0245. The third kappa shape index (κ3) is 5.05. The molecule has 5 N–H and O–H groups in total. The number of carbonyl (C=O) groups excluding carboxylic acids is 1. The molecule has 0 aliphatic carbocycles. The number of nitrogens with zero attached hydrogens (tertiary/aromatic N) is 1. The number of urea groups is 1. The number of amides is 2. The first-order valence-corrected chi connectivity index (χ1v) is 8.74. The first kappa shape index (κ1) is 19.0. The maximum Gasteiger partial charge on any atom is 0.318 e. The minimum Gasteiger partial charge on any atom is -0.491 e. The van der Waals surface area contributed by atoms with Crippen LogP contribution >= 0.6 is 0 Å². The van der Waals surface area contributed by atoms with Gasteiger partial charge in [-0.25, -0.2) is 4.79 Å². The van der Waals surface area contributed by atoms with Gasteiger partial charge in [-0.3, -0.25) is 0 Å². The highest BCUT2D eigenvalue weighted by atomic mass is 16.5.